The molecule has 0 atom stereocenters. The number of nitrogens with one attached hydrogen (secondary N) is 1. The van der Waals surface area contributed by atoms with Crippen molar-refractivity contribution < 1.29 is 0 Å². The van der Waals surface area contributed by atoms with E-state index in [0.717, 1.165) is 23.5 Å². The summed E-state index contributed by atoms with van der Waals surface area (Å²) >= 11 is 5.22. The van der Waals surface area contributed by atoms with E-state index < -0.39 is 0 Å². The van der Waals surface area contributed by atoms with Gasteiger partial charge in [-0.15, -0.1) is 0 Å². The van der Waals surface area contributed by atoms with Gasteiger partial charge in [0.1, 0.15) is 10.5 Å². The molecule has 0 radical (unpaired) electrons. The van der Waals surface area contributed by atoms with Gasteiger partial charge < -0.3 is 4.98 Å². The van der Waals surface area contributed by atoms with Gasteiger partial charge in [0, 0.05) is 11.3 Å². The lowest BCUT2D eigenvalue weighted by atomic mass is 10.1. The molecule has 0 aliphatic carbocycles. The number of H-pyrrole nitrogens is 1. The minimum Gasteiger partial charge on any atom is -0.343 e. The molecule has 1 aromatic heterocycles. The lowest BCUT2D eigenvalue weighted by molar-refractivity contribution is 0.815. The molecule has 0 unspecified atom stereocenters. The first kappa shape index (κ1) is 13.0. The average Bonchev–Trinajstić information content (AvgIpc) is 2.38. The summed E-state index contributed by atoms with van der Waals surface area (Å²) in [7, 11) is 0. The van der Waals surface area contributed by atoms with Gasteiger partial charge in [-0.25, -0.2) is 4.98 Å². The number of nitrogens with zero attached hydrogens (tertiary/aromatic N) is 1. The molecular weight excluding hydrogens is 240 g/mol. The first-order valence-electron chi connectivity index (χ1n) is 6.30. The molecule has 0 aliphatic heterocycles. The van der Waals surface area contributed by atoms with Gasteiger partial charge in [-0.05, 0) is 24.0 Å². The highest BCUT2D eigenvalue weighted by molar-refractivity contribution is 7.71. The van der Waals surface area contributed by atoms with Crippen molar-refractivity contribution in [3.05, 3.63) is 46.2 Å². The summed E-state index contributed by atoms with van der Waals surface area (Å²) in [5, 5.41) is 0. The van der Waals surface area contributed by atoms with Gasteiger partial charge in [0.05, 0.1) is 0 Å². The van der Waals surface area contributed by atoms with Crippen molar-refractivity contribution >= 4 is 12.2 Å². The Morgan fingerprint density at radius 3 is 2.44 bits per heavy atom. The molecule has 0 saturated heterocycles. The molecule has 0 bridgehead atoms. The summed E-state index contributed by atoms with van der Waals surface area (Å²) in [4.78, 5) is 7.76. The van der Waals surface area contributed by atoms with E-state index in [0.29, 0.717) is 10.6 Å². The van der Waals surface area contributed by atoms with Crippen LogP contribution in [0.15, 0.2) is 30.3 Å². The van der Waals surface area contributed by atoms with E-state index in [1.54, 1.807) is 0 Å². The Labute approximate surface area is 113 Å². The quantitative estimate of drug-likeness (QED) is 0.822. The Morgan fingerprint density at radius 1 is 1.22 bits per heavy atom. The fourth-order valence-electron chi connectivity index (χ4n) is 1.82. The Hall–Kier alpha value is -1.48. The fourth-order valence-corrected chi connectivity index (χ4v) is 2.04. The molecule has 18 heavy (non-hydrogen) atoms. The van der Waals surface area contributed by atoms with E-state index >= 15 is 0 Å². The van der Waals surface area contributed by atoms with E-state index in [1.165, 1.54) is 5.56 Å². The summed E-state index contributed by atoms with van der Waals surface area (Å²) in [5.74, 6) is 1.28. The molecular formula is C15H18N2S. The maximum absolute atomic E-state index is 5.22. The lowest BCUT2D eigenvalue weighted by Gasteiger charge is -2.09. The largest absolute Gasteiger partial charge is 0.343 e. The summed E-state index contributed by atoms with van der Waals surface area (Å²) < 4.78 is 0.645. The second-order valence-corrected chi connectivity index (χ2v) is 5.15. The third kappa shape index (κ3) is 2.85. The summed E-state index contributed by atoms with van der Waals surface area (Å²) in [6.07, 6.45) is 1.05. The zero-order valence-corrected chi connectivity index (χ0v) is 11.8. The van der Waals surface area contributed by atoms with Crippen LogP contribution in [0.5, 0.6) is 0 Å². The molecule has 0 spiro atoms. The predicted molar refractivity (Wildman–Crippen MR) is 78.3 cm³/mol. The maximum Gasteiger partial charge on any atom is 0.139 e. The van der Waals surface area contributed by atoms with Gasteiger partial charge in [-0.1, -0.05) is 57.3 Å². The van der Waals surface area contributed by atoms with E-state index in [9.17, 15) is 0 Å². The maximum atomic E-state index is 5.22. The van der Waals surface area contributed by atoms with Crippen LogP contribution in [0.4, 0.5) is 0 Å². The first-order valence-corrected chi connectivity index (χ1v) is 6.71. The van der Waals surface area contributed by atoms with Gasteiger partial charge in [-0.3, -0.25) is 0 Å². The van der Waals surface area contributed by atoms with Crippen molar-refractivity contribution in [2.45, 2.75) is 33.1 Å². The molecule has 3 heteroatoms. The molecule has 0 fully saturated rings. The van der Waals surface area contributed by atoms with Crippen molar-refractivity contribution in [3.8, 4) is 11.4 Å². The van der Waals surface area contributed by atoms with Crippen LogP contribution in [0.2, 0.25) is 0 Å². The third-order valence-corrected chi connectivity index (χ3v) is 3.23. The number of rotatable bonds is 3. The first-order chi connectivity index (χ1) is 8.60. The van der Waals surface area contributed by atoms with Crippen molar-refractivity contribution in [3.63, 3.8) is 0 Å². The van der Waals surface area contributed by atoms with Crippen molar-refractivity contribution in [2.24, 2.45) is 0 Å². The minimum absolute atomic E-state index is 0.420. The lowest BCUT2D eigenvalue weighted by Crippen LogP contribution is -1.98. The number of hydrogen-bond acceptors (Lipinski definition) is 2. The van der Waals surface area contributed by atoms with Crippen molar-refractivity contribution in [2.75, 3.05) is 0 Å². The van der Waals surface area contributed by atoms with Crippen LogP contribution >= 0.6 is 12.2 Å². The van der Waals surface area contributed by atoms with Gasteiger partial charge in [0.25, 0.3) is 0 Å². The zero-order chi connectivity index (χ0) is 13.1. The monoisotopic (exact) mass is 258 g/mol. The van der Waals surface area contributed by atoms with E-state index in [1.807, 2.05) is 6.07 Å². The van der Waals surface area contributed by atoms with E-state index in [2.05, 4.69) is 55.0 Å². The van der Waals surface area contributed by atoms with Crippen LogP contribution in [0.25, 0.3) is 11.4 Å². The smallest absolute Gasteiger partial charge is 0.139 e. The molecule has 0 amide bonds. The number of aromatic amines is 1. The molecule has 2 rings (SSSR count). The van der Waals surface area contributed by atoms with Crippen LogP contribution in [-0.4, -0.2) is 9.97 Å². The second kappa shape index (κ2) is 5.44. The van der Waals surface area contributed by atoms with Gasteiger partial charge >= 0.3 is 0 Å². The SMILES string of the molecule is CCc1ccc(-c2nc(=S)cc(C(C)C)[nH]2)cc1. The summed E-state index contributed by atoms with van der Waals surface area (Å²) in [6, 6.07) is 10.4. The van der Waals surface area contributed by atoms with Gasteiger partial charge in [-0.2, -0.15) is 0 Å². The average molecular weight is 258 g/mol. The Bertz CT molecular complexity index is 582. The Morgan fingerprint density at radius 2 is 1.89 bits per heavy atom. The highest BCUT2D eigenvalue weighted by Crippen LogP contribution is 2.19. The normalized spacial score (nSPS) is 10.9. The van der Waals surface area contributed by atoms with E-state index in [-0.39, 0.29) is 0 Å². The van der Waals surface area contributed by atoms with Gasteiger partial charge in [0.15, 0.2) is 0 Å². The minimum atomic E-state index is 0.420. The molecule has 1 aromatic carbocycles. The molecule has 1 heterocycles. The van der Waals surface area contributed by atoms with Crippen LogP contribution < -0.4 is 0 Å². The fraction of sp³-hybridized carbons (Fsp3) is 0.333. The molecule has 2 aromatic rings. The summed E-state index contributed by atoms with van der Waals surface area (Å²) in [6.45, 7) is 6.44. The second-order valence-electron chi connectivity index (χ2n) is 4.73. The van der Waals surface area contributed by atoms with Crippen LogP contribution in [0, 0.1) is 4.64 Å². The topological polar surface area (TPSA) is 28.7 Å². The molecule has 94 valence electrons. The van der Waals surface area contributed by atoms with Gasteiger partial charge in [0.2, 0.25) is 0 Å². The molecule has 0 aliphatic rings. The number of aryl methyl sites for hydroxylation is 1. The number of hydrogen-bond donors (Lipinski definition) is 1. The van der Waals surface area contributed by atoms with Crippen molar-refractivity contribution in [1.82, 2.24) is 9.97 Å². The van der Waals surface area contributed by atoms with Crippen molar-refractivity contribution in [1.29, 1.82) is 0 Å². The molecule has 0 saturated carbocycles. The zero-order valence-electron chi connectivity index (χ0n) is 11.0. The van der Waals surface area contributed by atoms with Crippen LogP contribution in [0.3, 0.4) is 0 Å². The molecule has 2 nitrogen and oxygen atoms in total. The Kier molecular flexibility index (Phi) is 3.92. The highest BCUT2D eigenvalue weighted by atomic mass is 32.1. The number of aromatic nitrogens is 2. The number of benzene rings is 1. The summed E-state index contributed by atoms with van der Waals surface area (Å²) in [5.41, 5.74) is 3.54. The standard InChI is InChI=1S/C15H18N2S/c1-4-11-5-7-12(8-6-11)15-16-13(10(2)3)9-14(18)17-15/h5-10H,4H2,1-3H3,(H,16,17,18). The predicted octanol–water partition coefficient (Wildman–Crippen LogP) is 4.49. The molecule has 1 N–H and O–H groups in total. The third-order valence-electron chi connectivity index (χ3n) is 3.02. The van der Waals surface area contributed by atoms with Crippen LogP contribution in [0.1, 0.15) is 37.9 Å². The van der Waals surface area contributed by atoms with Crippen LogP contribution in [-0.2, 0) is 6.42 Å². The Balaban J connectivity index is 2.46. The van der Waals surface area contributed by atoms with E-state index in [4.69, 9.17) is 12.2 Å². The highest BCUT2D eigenvalue weighted by Gasteiger charge is 2.05.